The van der Waals surface area contributed by atoms with E-state index in [0.717, 1.165) is 12.5 Å². The smallest absolute Gasteiger partial charge is 0.0701 e. The van der Waals surface area contributed by atoms with Crippen molar-refractivity contribution in [3.63, 3.8) is 0 Å². The second-order valence-corrected chi connectivity index (χ2v) is 6.79. The largest absolute Gasteiger partial charge is 0.314 e. The SMILES string of the molecule is CCC(CNC(C)C)Cc1ccc(Br)s1. The third-order valence-corrected chi connectivity index (χ3v) is 4.16. The van der Waals surface area contributed by atoms with Crippen molar-refractivity contribution in [2.45, 2.75) is 39.7 Å². The lowest BCUT2D eigenvalue weighted by molar-refractivity contribution is 0.438. The minimum absolute atomic E-state index is 0.592. The van der Waals surface area contributed by atoms with Gasteiger partial charge in [0, 0.05) is 10.9 Å². The molecule has 1 nitrogen and oxygen atoms in total. The summed E-state index contributed by atoms with van der Waals surface area (Å²) in [5.41, 5.74) is 0. The van der Waals surface area contributed by atoms with Gasteiger partial charge in [0.05, 0.1) is 3.79 Å². The van der Waals surface area contributed by atoms with Crippen molar-refractivity contribution in [2.24, 2.45) is 5.92 Å². The zero-order valence-electron chi connectivity index (χ0n) is 9.72. The highest BCUT2D eigenvalue weighted by molar-refractivity contribution is 9.11. The molecule has 0 saturated carbocycles. The van der Waals surface area contributed by atoms with Crippen molar-refractivity contribution in [3.05, 3.63) is 20.8 Å². The van der Waals surface area contributed by atoms with Gasteiger partial charge in [-0.15, -0.1) is 11.3 Å². The van der Waals surface area contributed by atoms with E-state index in [1.165, 1.54) is 21.5 Å². The van der Waals surface area contributed by atoms with Crippen LogP contribution in [0.15, 0.2) is 15.9 Å². The summed E-state index contributed by atoms with van der Waals surface area (Å²) in [6.07, 6.45) is 2.45. The number of rotatable bonds is 6. The molecule has 0 aliphatic carbocycles. The first-order valence-corrected chi connectivity index (χ1v) is 7.20. The maximum atomic E-state index is 3.52. The molecule has 1 N–H and O–H groups in total. The van der Waals surface area contributed by atoms with Crippen molar-refractivity contribution in [1.82, 2.24) is 5.32 Å². The van der Waals surface area contributed by atoms with Crippen LogP contribution in [0.5, 0.6) is 0 Å². The van der Waals surface area contributed by atoms with E-state index in [4.69, 9.17) is 0 Å². The van der Waals surface area contributed by atoms with Crippen molar-refractivity contribution in [1.29, 1.82) is 0 Å². The third-order valence-electron chi connectivity index (χ3n) is 2.51. The van der Waals surface area contributed by atoms with Crippen LogP contribution in [0.2, 0.25) is 0 Å². The molecule has 3 heteroatoms. The predicted octanol–water partition coefficient (Wildman–Crippen LogP) is 4.08. The first-order chi connectivity index (χ1) is 7.11. The maximum Gasteiger partial charge on any atom is 0.0701 e. The van der Waals surface area contributed by atoms with E-state index < -0.39 is 0 Å². The van der Waals surface area contributed by atoms with Crippen LogP contribution in [0.25, 0.3) is 0 Å². The molecule has 86 valence electrons. The molecule has 0 saturated heterocycles. The summed E-state index contributed by atoms with van der Waals surface area (Å²) in [6.45, 7) is 7.81. The lowest BCUT2D eigenvalue weighted by Crippen LogP contribution is -2.29. The topological polar surface area (TPSA) is 12.0 Å². The van der Waals surface area contributed by atoms with Crippen molar-refractivity contribution >= 4 is 27.3 Å². The maximum absolute atomic E-state index is 3.52. The van der Waals surface area contributed by atoms with Crippen molar-refractivity contribution in [2.75, 3.05) is 6.54 Å². The van der Waals surface area contributed by atoms with Gasteiger partial charge in [0.25, 0.3) is 0 Å². The molecule has 0 spiro atoms. The lowest BCUT2D eigenvalue weighted by atomic mass is 10.0. The fourth-order valence-corrected chi connectivity index (χ4v) is 3.11. The van der Waals surface area contributed by atoms with Gasteiger partial charge in [-0.3, -0.25) is 0 Å². The average molecular weight is 290 g/mol. The van der Waals surface area contributed by atoms with E-state index in [-0.39, 0.29) is 0 Å². The number of hydrogen-bond donors (Lipinski definition) is 1. The van der Waals surface area contributed by atoms with E-state index in [2.05, 4.69) is 54.2 Å². The molecular weight excluding hydrogens is 270 g/mol. The Morgan fingerprint density at radius 2 is 2.13 bits per heavy atom. The van der Waals surface area contributed by atoms with Crippen LogP contribution in [0.1, 0.15) is 32.1 Å². The number of nitrogens with one attached hydrogen (secondary N) is 1. The molecule has 0 aliphatic rings. The second kappa shape index (κ2) is 6.66. The molecule has 0 fully saturated rings. The first kappa shape index (κ1) is 13.2. The average Bonchev–Trinajstić information content (AvgIpc) is 2.58. The van der Waals surface area contributed by atoms with Gasteiger partial charge < -0.3 is 5.32 Å². The summed E-state index contributed by atoms with van der Waals surface area (Å²) >= 11 is 5.36. The van der Waals surface area contributed by atoms with Gasteiger partial charge in [-0.05, 0) is 46.9 Å². The molecule has 1 aromatic heterocycles. The molecular formula is C12H20BrNS. The van der Waals surface area contributed by atoms with Gasteiger partial charge in [0.15, 0.2) is 0 Å². The number of thiophene rings is 1. The van der Waals surface area contributed by atoms with Crippen molar-refractivity contribution < 1.29 is 0 Å². The van der Waals surface area contributed by atoms with Crippen LogP contribution in [0.3, 0.4) is 0 Å². The predicted molar refractivity (Wildman–Crippen MR) is 72.6 cm³/mol. The fraction of sp³-hybridized carbons (Fsp3) is 0.667. The van der Waals surface area contributed by atoms with Crippen LogP contribution in [-0.2, 0) is 6.42 Å². The molecule has 1 heterocycles. The van der Waals surface area contributed by atoms with Gasteiger partial charge in [0.2, 0.25) is 0 Å². The lowest BCUT2D eigenvalue weighted by Gasteiger charge is -2.16. The fourth-order valence-electron chi connectivity index (χ4n) is 1.51. The zero-order valence-corrected chi connectivity index (χ0v) is 12.1. The zero-order chi connectivity index (χ0) is 11.3. The summed E-state index contributed by atoms with van der Waals surface area (Å²) in [5.74, 6) is 0.762. The van der Waals surface area contributed by atoms with Crippen LogP contribution in [0.4, 0.5) is 0 Å². The van der Waals surface area contributed by atoms with Gasteiger partial charge in [-0.1, -0.05) is 27.2 Å². The van der Waals surface area contributed by atoms with Crippen molar-refractivity contribution in [3.8, 4) is 0 Å². The Bertz CT molecular complexity index is 283. The van der Waals surface area contributed by atoms with Gasteiger partial charge in [0.1, 0.15) is 0 Å². The van der Waals surface area contributed by atoms with E-state index in [1.54, 1.807) is 0 Å². The molecule has 0 aliphatic heterocycles. The number of halogens is 1. The van der Waals surface area contributed by atoms with Crippen LogP contribution < -0.4 is 5.32 Å². The Kier molecular flexibility index (Phi) is 5.87. The van der Waals surface area contributed by atoms with Gasteiger partial charge in [-0.25, -0.2) is 0 Å². The highest BCUT2D eigenvalue weighted by Gasteiger charge is 2.09. The Morgan fingerprint density at radius 1 is 1.40 bits per heavy atom. The molecule has 1 aromatic rings. The van der Waals surface area contributed by atoms with E-state index in [0.29, 0.717) is 6.04 Å². The minimum Gasteiger partial charge on any atom is -0.314 e. The molecule has 1 atom stereocenters. The summed E-state index contributed by atoms with van der Waals surface area (Å²) in [6, 6.07) is 4.96. The van der Waals surface area contributed by atoms with E-state index >= 15 is 0 Å². The molecule has 0 radical (unpaired) electrons. The quantitative estimate of drug-likeness (QED) is 0.832. The summed E-state index contributed by atoms with van der Waals surface area (Å²) < 4.78 is 1.24. The highest BCUT2D eigenvalue weighted by Crippen LogP contribution is 2.25. The third kappa shape index (κ3) is 5.14. The summed E-state index contributed by atoms with van der Waals surface area (Å²) in [5, 5.41) is 3.52. The Balaban J connectivity index is 2.39. The van der Waals surface area contributed by atoms with Crippen LogP contribution in [-0.4, -0.2) is 12.6 Å². The van der Waals surface area contributed by atoms with E-state index in [9.17, 15) is 0 Å². The first-order valence-electron chi connectivity index (χ1n) is 5.59. The molecule has 0 amide bonds. The normalized spacial score (nSPS) is 13.4. The molecule has 1 unspecified atom stereocenters. The second-order valence-electron chi connectivity index (χ2n) is 4.25. The molecule has 0 aromatic carbocycles. The monoisotopic (exact) mass is 289 g/mol. The van der Waals surface area contributed by atoms with Crippen LogP contribution in [0, 0.1) is 5.92 Å². The van der Waals surface area contributed by atoms with Crippen LogP contribution >= 0.6 is 27.3 Å². The Hall–Kier alpha value is 0.140. The van der Waals surface area contributed by atoms with E-state index in [1.807, 2.05) is 11.3 Å². The highest BCUT2D eigenvalue weighted by atomic mass is 79.9. The molecule has 15 heavy (non-hydrogen) atoms. The summed E-state index contributed by atoms with van der Waals surface area (Å²) in [7, 11) is 0. The Morgan fingerprint density at radius 3 is 2.60 bits per heavy atom. The molecule has 0 bridgehead atoms. The minimum atomic E-state index is 0.592. The van der Waals surface area contributed by atoms with Gasteiger partial charge in [-0.2, -0.15) is 0 Å². The number of hydrogen-bond acceptors (Lipinski definition) is 2. The molecule has 1 rings (SSSR count). The standard InChI is InChI=1S/C12H20BrNS/c1-4-10(8-14-9(2)3)7-11-5-6-12(13)15-11/h5-6,9-10,14H,4,7-8H2,1-3H3. The Labute approximate surface area is 105 Å². The summed E-state index contributed by atoms with van der Waals surface area (Å²) in [4.78, 5) is 1.49. The van der Waals surface area contributed by atoms with Gasteiger partial charge >= 0.3 is 0 Å².